The molecule has 0 aromatic rings. The molecule has 0 heterocycles. The smallest absolute Gasteiger partial charge is 0.323 e. The standard InChI is InChI=1S/C9H17N3O6S/c1-6(5-19(2,17)18)11-9(16)12(3-7(10)13)4-8(14)15/h6H,3-5H2,1-2H3,(H2,10,13)(H,11,16)(H,14,15). The van der Waals surface area contributed by atoms with E-state index >= 15 is 0 Å². The molecule has 0 aliphatic heterocycles. The molecule has 3 amide bonds. The Balaban J connectivity index is 4.63. The van der Waals surface area contributed by atoms with Crippen molar-refractivity contribution in [2.45, 2.75) is 13.0 Å². The molecule has 0 aromatic carbocycles. The highest BCUT2D eigenvalue weighted by atomic mass is 32.2. The molecule has 0 aromatic heterocycles. The third-order valence-corrected chi connectivity index (χ3v) is 2.99. The summed E-state index contributed by atoms with van der Waals surface area (Å²) in [4.78, 5) is 33.6. The highest BCUT2D eigenvalue weighted by Crippen LogP contribution is 1.95. The average molecular weight is 295 g/mol. The first-order valence-electron chi connectivity index (χ1n) is 5.24. The summed E-state index contributed by atoms with van der Waals surface area (Å²) >= 11 is 0. The van der Waals surface area contributed by atoms with Crippen molar-refractivity contribution in [3.8, 4) is 0 Å². The number of primary amides is 1. The van der Waals surface area contributed by atoms with E-state index in [0.717, 1.165) is 6.26 Å². The number of nitrogens with two attached hydrogens (primary N) is 1. The Morgan fingerprint density at radius 1 is 1.32 bits per heavy atom. The van der Waals surface area contributed by atoms with E-state index in [4.69, 9.17) is 10.8 Å². The quantitative estimate of drug-likeness (QED) is 0.495. The molecule has 0 rings (SSSR count). The van der Waals surface area contributed by atoms with Crippen LogP contribution in [0.5, 0.6) is 0 Å². The number of urea groups is 1. The largest absolute Gasteiger partial charge is 0.480 e. The number of hydrogen-bond donors (Lipinski definition) is 3. The minimum absolute atomic E-state index is 0.295. The van der Waals surface area contributed by atoms with Crippen molar-refractivity contribution in [1.82, 2.24) is 10.2 Å². The van der Waals surface area contributed by atoms with Crippen LogP contribution in [0.1, 0.15) is 6.92 Å². The number of nitrogens with one attached hydrogen (secondary N) is 1. The number of carbonyl (C=O) groups excluding carboxylic acids is 2. The number of hydrogen-bond acceptors (Lipinski definition) is 5. The predicted molar refractivity (Wildman–Crippen MR) is 66.1 cm³/mol. The Bertz CT molecular complexity index is 445. The number of aliphatic carboxylic acids is 1. The van der Waals surface area contributed by atoms with E-state index in [0.29, 0.717) is 4.90 Å². The molecule has 0 aliphatic rings. The monoisotopic (exact) mass is 295 g/mol. The van der Waals surface area contributed by atoms with Crippen LogP contribution < -0.4 is 11.1 Å². The van der Waals surface area contributed by atoms with Gasteiger partial charge in [-0.2, -0.15) is 0 Å². The van der Waals surface area contributed by atoms with Crippen molar-refractivity contribution in [1.29, 1.82) is 0 Å². The van der Waals surface area contributed by atoms with Gasteiger partial charge in [-0.15, -0.1) is 0 Å². The fraction of sp³-hybridized carbons (Fsp3) is 0.667. The maximum absolute atomic E-state index is 11.7. The first kappa shape index (κ1) is 17.2. The normalized spacial score (nSPS) is 12.5. The summed E-state index contributed by atoms with van der Waals surface area (Å²) in [5, 5.41) is 10.9. The number of nitrogens with zero attached hydrogens (tertiary/aromatic N) is 1. The first-order valence-corrected chi connectivity index (χ1v) is 7.30. The van der Waals surface area contributed by atoms with Gasteiger partial charge in [0, 0.05) is 12.3 Å². The molecule has 110 valence electrons. The number of carbonyl (C=O) groups is 3. The molecular formula is C9H17N3O6S. The molecule has 0 aliphatic carbocycles. The van der Waals surface area contributed by atoms with E-state index in [1.165, 1.54) is 6.92 Å². The third-order valence-electron chi connectivity index (χ3n) is 1.88. The lowest BCUT2D eigenvalue weighted by atomic mass is 10.4. The number of rotatable bonds is 7. The molecule has 0 saturated heterocycles. The van der Waals surface area contributed by atoms with Crippen molar-refractivity contribution in [2.75, 3.05) is 25.1 Å². The summed E-state index contributed by atoms with van der Waals surface area (Å²) in [6.45, 7) is 0.173. The summed E-state index contributed by atoms with van der Waals surface area (Å²) in [7, 11) is -3.28. The fourth-order valence-corrected chi connectivity index (χ4v) is 2.34. The minimum Gasteiger partial charge on any atom is -0.480 e. The molecule has 0 fully saturated rings. The molecule has 10 heteroatoms. The Labute approximate surface area is 110 Å². The van der Waals surface area contributed by atoms with Gasteiger partial charge in [0.2, 0.25) is 5.91 Å². The lowest BCUT2D eigenvalue weighted by molar-refractivity contribution is -0.137. The van der Waals surface area contributed by atoms with E-state index in [1.807, 2.05) is 0 Å². The van der Waals surface area contributed by atoms with Gasteiger partial charge in [-0.25, -0.2) is 13.2 Å². The van der Waals surface area contributed by atoms with Gasteiger partial charge in [0.25, 0.3) is 0 Å². The maximum atomic E-state index is 11.7. The van der Waals surface area contributed by atoms with Crippen LogP contribution in [0, 0.1) is 0 Å². The second kappa shape index (κ2) is 6.92. The molecule has 19 heavy (non-hydrogen) atoms. The molecule has 1 unspecified atom stereocenters. The second-order valence-corrected chi connectivity index (χ2v) is 6.34. The second-order valence-electron chi connectivity index (χ2n) is 4.16. The fourth-order valence-electron chi connectivity index (χ4n) is 1.35. The summed E-state index contributed by atoms with van der Waals surface area (Å²) in [6, 6.07) is -1.58. The van der Waals surface area contributed by atoms with Crippen LogP contribution in [0.15, 0.2) is 0 Å². The number of carboxylic acids is 1. The first-order chi connectivity index (χ1) is 8.51. The van der Waals surface area contributed by atoms with E-state index in [-0.39, 0.29) is 5.75 Å². The van der Waals surface area contributed by atoms with Gasteiger partial charge in [-0.1, -0.05) is 0 Å². The highest BCUT2D eigenvalue weighted by molar-refractivity contribution is 7.90. The van der Waals surface area contributed by atoms with Crippen molar-refractivity contribution in [3.05, 3.63) is 0 Å². The van der Waals surface area contributed by atoms with Crippen LogP contribution >= 0.6 is 0 Å². The van der Waals surface area contributed by atoms with E-state index in [1.54, 1.807) is 0 Å². The zero-order valence-electron chi connectivity index (χ0n) is 10.6. The van der Waals surface area contributed by atoms with Crippen molar-refractivity contribution in [3.63, 3.8) is 0 Å². The van der Waals surface area contributed by atoms with Crippen LogP contribution in [0.2, 0.25) is 0 Å². The van der Waals surface area contributed by atoms with Crippen LogP contribution in [0.3, 0.4) is 0 Å². The van der Waals surface area contributed by atoms with Gasteiger partial charge >= 0.3 is 12.0 Å². The van der Waals surface area contributed by atoms with E-state index < -0.39 is 46.9 Å². The summed E-state index contributed by atoms with van der Waals surface area (Å²) in [5.74, 6) is -2.48. The molecule has 1 atom stereocenters. The van der Waals surface area contributed by atoms with Gasteiger partial charge in [-0.05, 0) is 6.92 Å². The Morgan fingerprint density at radius 2 is 1.84 bits per heavy atom. The van der Waals surface area contributed by atoms with E-state index in [9.17, 15) is 22.8 Å². The van der Waals surface area contributed by atoms with Crippen molar-refractivity contribution >= 4 is 27.7 Å². The zero-order valence-corrected chi connectivity index (χ0v) is 11.4. The Morgan fingerprint density at radius 3 is 2.21 bits per heavy atom. The average Bonchev–Trinajstić information content (AvgIpc) is 2.11. The Kier molecular flexibility index (Phi) is 6.25. The Hall–Kier alpha value is -1.84. The van der Waals surface area contributed by atoms with Crippen LogP contribution in [0.4, 0.5) is 4.79 Å². The van der Waals surface area contributed by atoms with Gasteiger partial charge in [0.1, 0.15) is 22.9 Å². The van der Waals surface area contributed by atoms with Gasteiger partial charge in [0.05, 0.1) is 5.75 Å². The predicted octanol–water partition coefficient (Wildman–Crippen LogP) is -2.00. The molecule has 0 bridgehead atoms. The number of amides is 3. The topological polar surface area (TPSA) is 147 Å². The SMILES string of the molecule is CC(CS(C)(=O)=O)NC(=O)N(CC(N)=O)CC(=O)O. The summed E-state index contributed by atoms with van der Waals surface area (Å²) in [6.07, 6.45) is 1.01. The zero-order chi connectivity index (χ0) is 15.2. The highest BCUT2D eigenvalue weighted by Gasteiger charge is 2.21. The lowest BCUT2D eigenvalue weighted by Crippen LogP contribution is -2.50. The molecule has 0 radical (unpaired) electrons. The van der Waals surface area contributed by atoms with Crippen LogP contribution in [0.25, 0.3) is 0 Å². The van der Waals surface area contributed by atoms with Crippen LogP contribution in [-0.4, -0.2) is 67.5 Å². The number of carboxylic acid groups (broad SMARTS) is 1. The lowest BCUT2D eigenvalue weighted by Gasteiger charge is -2.22. The van der Waals surface area contributed by atoms with Gasteiger partial charge in [-0.3, -0.25) is 9.59 Å². The van der Waals surface area contributed by atoms with Gasteiger partial charge in [0.15, 0.2) is 0 Å². The summed E-state index contributed by atoms with van der Waals surface area (Å²) < 4.78 is 22.0. The van der Waals surface area contributed by atoms with Crippen molar-refractivity contribution < 1.29 is 27.9 Å². The molecule has 4 N–H and O–H groups in total. The number of sulfone groups is 1. The molecule has 0 spiro atoms. The molecular weight excluding hydrogens is 278 g/mol. The van der Waals surface area contributed by atoms with Gasteiger partial charge < -0.3 is 21.1 Å². The maximum Gasteiger partial charge on any atom is 0.323 e. The van der Waals surface area contributed by atoms with Crippen molar-refractivity contribution in [2.24, 2.45) is 5.73 Å². The van der Waals surface area contributed by atoms with Crippen LogP contribution in [-0.2, 0) is 19.4 Å². The summed E-state index contributed by atoms with van der Waals surface area (Å²) in [5.41, 5.74) is 4.89. The molecule has 0 saturated carbocycles. The van der Waals surface area contributed by atoms with E-state index in [2.05, 4.69) is 5.32 Å². The third kappa shape index (κ3) is 8.83. The molecule has 9 nitrogen and oxygen atoms in total. The minimum atomic E-state index is -3.28.